The summed E-state index contributed by atoms with van der Waals surface area (Å²) in [6.07, 6.45) is 2.29. The second-order valence-corrected chi connectivity index (χ2v) is 5.76. The Labute approximate surface area is 97.2 Å². The van der Waals surface area contributed by atoms with Crippen molar-refractivity contribution in [1.29, 1.82) is 0 Å². The fourth-order valence-corrected chi connectivity index (χ4v) is 3.26. The maximum atomic E-state index is 5.86. The van der Waals surface area contributed by atoms with Crippen LogP contribution in [0.4, 0.5) is 0 Å². The molecular formula is C10H15BrN2S. The van der Waals surface area contributed by atoms with Crippen molar-refractivity contribution in [3.63, 3.8) is 0 Å². The summed E-state index contributed by atoms with van der Waals surface area (Å²) in [4.78, 5) is 3.93. The van der Waals surface area contributed by atoms with Crippen LogP contribution in [-0.2, 0) is 6.54 Å². The highest BCUT2D eigenvalue weighted by Gasteiger charge is 2.16. The fourth-order valence-electron chi connectivity index (χ4n) is 1.77. The third kappa shape index (κ3) is 2.79. The molecule has 0 radical (unpaired) electrons. The van der Waals surface area contributed by atoms with Gasteiger partial charge in [-0.25, -0.2) is 0 Å². The minimum absolute atomic E-state index is 0.432. The summed E-state index contributed by atoms with van der Waals surface area (Å²) in [5.41, 5.74) is 5.86. The standard InChI is InChI=1S/C10H15BrN2S/c11-8-5-10(14-7-8)6-13-3-1-9(12)2-4-13/h5,7,9H,1-4,6,12H2. The van der Waals surface area contributed by atoms with Crippen LogP contribution in [0.15, 0.2) is 15.9 Å². The van der Waals surface area contributed by atoms with Gasteiger partial charge < -0.3 is 5.73 Å². The van der Waals surface area contributed by atoms with E-state index in [9.17, 15) is 0 Å². The van der Waals surface area contributed by atoms with E-state index in [1.54, 1.807) is 0 Å². The number of likely N-dealkylation sites (tertiary alicyclic amines) is 1. The highest BCUT2D eigenvalue weighted by Crippen LogP contribution is 2.22. The predicted molar refractivity (Wildman–Crippen MR) is 64.5 cm³/mol. The topological polar surface area (TPSA) is 29.3 Å². The molecule has 14 heavy (non-hydrogen) atoms. The van der Waals surface area contributed by atoms with E-state index in [4.69, 9.17) is 5.73 Å². The Bertz CT molecular complexity index is 292. The second-order valence-electron chi connectivity index (χ2n) is 3.84. The molecule has 1 saturated heterocycles. The van der Waals surface area contributed by atoms with Crippen LogP contribution in [0.3, 0.4) is 0 Å². The Morgan fingerprint density at radius 2 is 2.21 bits per heavy atom. The number of halogens is 1. The molecule has 2 rings (SSSR count). The highest BCUT2D eigenvalue weighted by atomic mass is 79.9. The molecule has 0 saturated carbocycles. The van der Waals surface area contributed by atoms with Crippen molar-refractivity contribution >= 4 is 27.3 Å². The summed E-state index contributed by atoms with van der Waals surface area (Å²) in [7, 11) is 0. The van der Waals surface area contributed by atoms with Crippen LogP contribution in [0.25, 0.3) is 0 Å². The maximum absolute atomic E-state index is 5.86. The maximum Gasteiger partial charge on any atom is 0.0328 e. The van der Waals surface area contributed by atoms with Crippen molar-refractivity contribution < 1.29 is 0 Å². The zero-order valence-electron chi connectivity index (χ0n) is 8.08. The van der Waals surface area contributed by atoms with Gasteiger partial charge in [0.15, 0.2) is 0 Å². The number of piperidine rings is 1. The normalized spacial score (nSPS) is 20.1. The first-order valence-corrected chi connectivity index (χ1v) is 6.62. The molecule has 1 aliphatic heterocycles. The molecule has 0 atom stereocenters. The average molecular weight is 275 g/mol. The van der Waals surface area contributed by atoms with Gasteiger partial charge in [-0.2, -0.15) is 0 Å². The van der Waals surface area contributed by atoms with Crippen molar-refractivity contribution in [2.45, 2.75) is 25.4 Å². The van der Waals surface area contributed by atoms with Gasteiger partial charge in [0.1, 0.15) is 0 Å². The van der Waals surface area contributed by atoms with Crippen LogP contribution in [0.5, 0.6) is 0 Å². The smallest absolute Gasteiger partial charge is 0.0328 e. The molecule has 0 aliphatic carbocycles. The third-order valence-corrected chi connectivity index (χ3v) is 4.32. The first kappa shape index (κ1) is 10.6. The molecule has 4 heteroatoms. The van der Waals surface area contributed by atoms with Crippen molar-refractivity contribution in [3.8, 4) is 0 Å². The van der Waals surface area contributed by atoms with Crippen LogP contribution >= 0.6 is 27.3 Å². The van der Waals surface area contributed by atoms with Gasteiger partial charge in [-0.3, -0.25) is 4.90 Å². The van der Waals surface area contributed by atoms with Crippen LogP contribution in [0.1, 0.15) is 17.7 Å². The van der Waals surface area contributed by atoms with E-state index in [2.05, 4.69) is 32.3 Å². The van der Waals surface area contributed by atoms with E-state index in [0.717, 1.165) is 32.5 Å². The zero-order chi connectivity index (χ0) is 9.97. The molecular weight excluding hydrogens is 260 g/mol. The molecule has 0 spiro atoms. The number of hydrogen-bond donors (Lipinski definition) is 1. The second kappa shape index (κ2) is 4.75. The number of hydrogen-bond acceptors (Lipinski definition) is 3. The van der Waals surface area contributed by atoms with Crippen molar-refractivity contribution in [2.75, 3.05) is 13.1 Å². The predicted octanol–water partition coefficient (Wildman–Crippen LogP) is 2.43. The monoisotopic (exact) mass is 274 g/mol. The largest absolute Gasteiger partial charge is 0.328 e. The zero-order valence-corrected chi connectivity index (χ0v) is 10.5. The van der Waals surface area contributed by atoms with Gasteiger partial charge in [-0.1, -0.05) is 0 Å². The minimum Gasteiger partial charge on any atom is -0.328 e. The summed E-state index contributed by atoms with van der Waals surface area (Å²) in [5, 5.41) is 2.14. The van der Waals surface area contributed by atoms with Gasteiger partial charge in [0.05, 0.1) is 0 Å². The molecule has 1 aliphatic rings. The lowest BCUT2D eigenvalue weighted by atomic mass is 10.1. The average Bonchev–Trinajstić information content (AvgIpc) is 2.56. The molecule has 0 amide bonds. The van der Waals surface area contributed by atoms with Crippen molar-refractivity contribution in [2.24, 2.45) is 5.73 Å². The Kier molecular flexibility index (Phi) is 3.60. The quantitative estimate of drug-likeness (QED) is 0.898. The Hall–Kier alpha value is 0.1000. The number of nitrogens with zero attached hydrogens (tertiary/aromatic N) is 1. The van der Waals surface area contributed by atoms with Crippen molar-refractivity contribution in [3.05, 3.63) is 20.8 Å². The lowest BCUT2D eigenvalue weighted by Crippen LogP contribution is -2.39. The molecule has 2 heterocycles. The summed E-state index contributed by atoms with van der Waals surface area (Å²) < 4.78 is 1.20. The molecule has 1 aromatic rings. The lowest BCUT2D eigenvalue weighted by Gasteiger charge is -2.29. The first-order valence-electron chi connectivity index (χ1n) is 4.95. The number of nitrogens with two attached hydrogens (primary N) is 1. The Balaban J connectivity index is 1.86. The fraction of sp³-hybridized carbons (Fsp3) is 0.600. The molecule has 0 bridgehead atoms. The van der Waals surface area contributed by atoms with Gasteiger partial charge in [0.25, 0.3) is 0 Å². The molecule has 1 fully saturated rings. The van der Waals surface area contributed by atoms with Crippen LogP contribution in [0, 0.1) is 0 Å². The summed E-state index contributed by atoms with van der Waals surface area (Å²) in [6, 6.07) is 2.64. The van der Waals surface area contributed by atoms with E-state index in [1.807, 2.05) is 11.3 Å². The Morgan fingerprint density at radius 1 is 1.50 bits per heavy atom. The number of rotatable bonds is 2. The SMILES string of the molecule is NC1CCN(Cc2cc(Br)cs2)CC1. The molecule has 2 nitrogen and oxygen atoms in total. The van der Waals surface area contributed by atoms with Crippen LogP contribution in [-0.4, -0.2) is 24.0 Å². The summed E-state index contributed by atoms with van der Waals surface area (Å²) in [5.74, 6) is 0. The van der Waals surface area contributed by atoms with Gasteiger partial charge in [0.2, 0.25) is 0 Å². The van der Waals surface area contributed by atoms with Crippen LogP contribution in [0.2, 0.25) is 0 Å². The van der Waals surface area contributed by atoms with Crippen molar-refractivity contribution in [1.82, 2.24) is 4.90 Å². The third-order valence-electron chi connectivity index (χ3n) is 2.63. The molecule has 1 aromatic heterocycles. The van der Waals surface area contributed by atoms with Gasteiger partial charge >= 0.3 is 0 Å². The van der Waals surface area contributed by atoms with Gasteiger partial charge in [0, 0.05) is 27.3 Å². The van der Waals surface area contributed by atoms with Crippen LogP contribution < -0.4 is 5.73 Å². The van der Waals surface area contributed by atoms with E-state index in [0.29, 0.717) is 6.04 Å². The van der Waals surface area contributed by atoms with E-state index in [-0.39, 0.29) is 0 Å². The van der Waals surface area contributed by atoms with E-state index < -0.39 is 0 Å². The summed E-state index contributed by atoms with van der Waals surface area (Å²) >= 11 is 5.30. The Morgan fingerprint density at radius 3 is 2.79 bits per heavy atom. The lowest BCUT2D eigenvalue weighted by molar-refractivity contribution is 0.207. The first-order chi connectivity index (χ1) is 6.74. The highest BCUT2D eigenvalue weighted by molar-refractivity contribution is 9.10. The van der Waals surface area contributed by atoms with E-state index >= 15 is 0 Å². The summed E-state index contributed by atoms with van der Waals surface area (Å²) in [6.45, 7) is 3.39. The van der Waals surface area contributed by atoms with Gasteiger partial charge in [-0.05, 0) is 47.9 Å². The van der Waals surface area contributed by atoms with E-state index in [1.165, 1.54) is 9.35 Å². The molecule has 0 unspecified atom stereocenters. The van der Waals surface area contributed by atoms with Gasteiger partial charge in [-0.15, -0.1) is 11.3 Å². The minimum atomic E-state index is 0.432. The molecule has 2 N–H and O–H groups in total. The molecule has 78 valence electrons. The number of thiophene rings is 1. The molecule has 0 aromatic carbocycles.